The van der Waals surface area contributed by atoms with Gasteiger partial charge >= 0.3 is 0 Å². The molecule has 0 unspecified atom stereocenters. The molecule has 27 heavy (non-hydrogen) atoms. The average Bonchev–Trinajstić information content (AvgIpc) is 3.24. The molecule has 5 nitrogen and oxygen atoms in total. The summed E-state index contributed by atoms with van der Waals surface area (Å²) >= 11 is 3.38. The molecule has 0 aliphatic carbocycles. The minimum atomic E-state index is 0. The zero-order valence-corrected chi connectivity index (χ0v) is 19.6. The SMILES string of the molecule is CCNC(=NCc1csc(-c2ccccc2)n1)NCc1sc(C)nc1C.I. The number of hydrogen-bond acceptors (Lipinski definition) is 5. The van der Waals surface area contributed by atoms with Gasteiger partial charge in [-0.2, -0.15) is 0 Å². The van der Waals surface area contributed by atoms with E-state index in [1.54, 1.807) is 22.7 Å². The Hall–Kier alpha value is -1.52. The summed E-state index contributed by atoms with van der Waals surface area (Å²) in [6, 6.07) is 10.2. The first kappa shape index (κ1) is 21.8. The topological polar surface area (TPSA) is 62.2 Å². The van der Waals surface area contributed by atoms with Crippen LogP contribution >= 0.6 is 46.7 Å². The number of aryl methyl sites for hydroxylation is 2. The van der Waals surface area contributed by atoms with Crippen molar-refractivity contribution in [2.45, 2.75) is 33.9 Å². The fourth-order valence-electron chi connectivity index (χ4n) is 2.50. The van der Waals surface area contributed by atoms with E-state index in [1.165, 1.54) is 4.88 Å². The Bertz CT molecular complexity index is 873. The number of nitrogens with zero attached hydrogens (tertiary/aromatic N) is 3. The maximum Gasteiger partial charge on any atom is 0.191 e. The summed E-state index contributed by atoms with van der Waals surface area (Å²) in [6.45, 7) is 8.25. The highest BCUT2D eigenvalue weighted by molar-refractivity contribution is 14.0. The highest BCUT2D eigenvalue weighted by Crippen LogP contribution is 2.23. The molecule has 1 aromatic carbocycles. The van der Waals surface area contributed by atoms with Crippen molar-refractivity contribution in [3.63, 3.8) is 0 Å². The van der Waals surface area contributed by atoms with Crippen LogP contribution < -0.4 is 10.6 Å². The van der Waals surface area contributed by atoms with Gasteiger partial charge in [-0.1, -0.05) is 30.3 Å². The predicted molar refractivity (Wildman–Crippen MR) is 126 cm³/mol. The fraction of sp³-hybridized carbons (Fsp3) is 0.316. The van der Waals surface area contributed by atoms with Crippen molar-refractivity contribution < 1.29 is 0 Å². The molecule has 8 heteroatoms. The van der Waals surface area contributed by atoms with E-state index in [0.29, 0.717) is 6.54 Å². The van der Waals surface area contributed by atoms with E-state index in [4.69, 9.17) is 4.98 Å². The van der Waals surface area contributed by atoms with Crippen molar-refractivity contribution in [1.82, 2.24) is 20.6 Å². The molecule has 0 saturated heterocycles. The maximum atomic E-state index is 4.70. The minimum Gasteiger partial charge on any atom is -0.357 e. The van der Waals surface area contributed by atoms with Gasteiger partial charge in [-0.3, -0.25) is 0 Å². The first-order chi connectivity index (χ1) is 12.7. The molecule has 0 fully saturated rings. The summed E-state index contributed by atoms with van der Waals surface area (Å²) < 4.78 is 0. The molecule has 3 aromatic rings. The third kappa shape index (κ3) is 6.25. The van der Waals surface area contributed by atoms with Crippen molar-refractivity contribution in [2.75, 3.05) is 6.54 Å². The summed E-state index contributed by atoms with van der Waals surface area (Å²) in [4.78, 5) is 15.1. The van der Waals surface area contributed by atoms with E-state index in [-0.39, 0.29) is 24.0 Å². The summed E-state index contributed by atoms with van der Waals surface area (Å²) in [5, 5.41) is 10.9. The Balaban J connectivity index is 0.00000261. The van der Waals surface area contributed by atoms with Crippen molar-refractivity contribution >= 4 is 52.6 Å². The van der Waals surface area contributed by atoms with E-state index in [2.05, 4.69) is 45.0 Å². The summed E-state index contributed by atoms with van der Waals surface area (Å²) in [5.41, 5.74) is 3.22. The molecule has 2 heterocycles. The Morgan fingerprint density at radius 1 is 1.11 bits per heavy atom. The lowest BCUT2D eigenvalue weighted by Gasteiger charge is -2.10. The van der Waals surface area contributed by atoms with Crippen LogP contribution in [-0.4, -0.2) is 22.5 Å². The van der Waals surface area contributed by atoms with Crippen LogP contribution in [0.2, 0.25) is 0 Å². The second kappa shape index (κ2) is 10.7. The normalized spacial score (nSPS) is 11.1. The minimum absolute atomic E-state index is 0. The number of guanidine groups is 1. The number of thiazole rings is 2. The van der Waals surface area contributed by atoms with E-state index >= 15 is 0 Å². The fourth-order valence-corrected chi connectivity index (χ4v) is 4.19. The van der Waals surface area contributed by atoms with Gasteiger partial charge in [-0.05, 0) is 20.8 Å². The van der Waals surface area contributed by atoms with Gasteiger partial charge in [0.25, 0.3) is 0 Å². The van der Waals surface area contributed by atoms with Gasteiger partial charge in [-0.15, -0.1) is 46.7 Å². The van der Waals surface area contributed by atoms with Crippen molar-refractivity contribution in [3.8, 4) is 10.6 Å². The lowest BCUT2D eigenvalue weighted by molar-refractivity contribution is 0.816. The van der Waals surface area contributed by atoms with Crippen molar-refractivity contribution in [2.24, 2.45) is 4.99 Å². The number of nitrogens with one attached hydrogen (secondary N) is 2. The van der Waals surface area contributed by atoms with Crippen LogP contribution in [0.1, 0.15) is 28.2 Å². The van der Waals surface area contributed by atoms with Crippen LogP contribution in [0.4, 0.5) is 0 Å². The van der Waals surface area contributed by atoms with E-state index < -0.39 is 0 Å². The molecule has 0 aliphatic heterocycles. The maximum absolute atomic E-state index is 4.70. The molecular formula is C19H24IN5S2. The number of rotatable bonds is 6. The number of benzene rings is 1. The molecule has 0 atom stereocenters. The van der Waals surface area contributed by atoms with Gasteiger partial charge in [0.05, 0.1) is 29.5 Å². The summed E-state index contributed by atoms with van der Waals surface area (Å²) in [7, 11) is 0. The lowest BCUT2D eigenvalue weighted by atomic mass is 10.2. The molecule has 3 rings (SSSR count). The van der Waals surface area contributed by atoms with Gasteiger partial charge < -0.3 is 10.6 Å². The molecule has 144 valence electrons. The van der Waals surface area contributed by atoms with Gasteiger partial charge in [0.1, 0.15) is 5.01 Å². The molecule has 0 bridgehead atoms. The van der Waals surface area contributed by atoms with Crippen LogP contribution in [0.3, 0.4) is 0 Å². The van der Waals surface area contributed by atoms with Crippen LogP contribution in [-0.2, 0) is 13.1 Å². The lowest BCUT2D eigenvalue weighted by Crippen LogP contribution is -2.36. The Morgan fingerprint density at radius 3 is 2.56 bits per heavy atom. The van der Waals surface area contributed by atoms with Crippen LogP contribution in [0.5, 0.6) is 0 Å². The first-order valence-corrected chi connectivity index (χ1v) is 10.3. The molecule has 0 aliphatic rings. The Morgan fingerprint density at radius 2 is 1.89 bits per heavy atom. The highest BCUT2D eigenvalue weighted by Gasteiger charge is 2.07. The summed E-state index contributed by atoms with van der Waals surface area (Å²) in [5.74, 6) is 0.798. The number of aromatic nitrogens is 2. The largest absolute Gasteiger partial charge is 0.357 e. The van der Waals surface area contributed by atoms with Crippen molar-refractivity contribution in [1.29, 1.82) is 0 Å². The number of hydrogen-bond donors (Lipinski definition) is 2. The predicted octanol–water partition coefficient (Wildman–Crippen LogP) is 4.76. The highest BCUT2D eigenvalue weighted by atomic mass is 127. The molecule has 0 amide bonds. The first-order valence-electron chi connectivity index (χ1n) is 8.60. The second-order valence-corrected chi connectivity index (χ2v) is 7.95. The molecule has 0 saturated carbocycles. The van der Waals surface area contributed by atoms with Gasteiger partial charge in [0, 0.05) is 22.4 Å². The van der Waals surface area contributed by atoms with Crippen LogP contribution in [0.25, 0.3) is 10.6 Å². The third-order valence-electron chi connectivity index (χ3n) is 3.73. The zero-order valence-electron chi connectivity index (χ0n) is 15.7. The quantitative estimate of drug-likeness (QED) is 0.284. The summed E-state index contributed by atoms with van der Waals surface area (Å²) in [6.07, 6.45) is 0. The molecular weight excluding hydrogens is 489 g/mol. The van der Waals surface area contributed by atoms with Gasteiger partial charge in [-0.25, -0.2) is 15.0 Å². The molecule has 2 N–H and O–H groups in total. The van der Waals surface area contributed by atoms with Gasteiger partial charge in [0.2, 0.25) is 0 Å². The molecule has 0 spiro atoms. The van der Waals surface area contributed by atoms with E-state index in [1.807, 2.05) is 32.0 Å². The Kier molecular flexibility index (Phi) is 8.65. The second-order valence-electron chi connectivity index (χ2n) is 5.80. The monoisotopic (exact) mass is 513 g/mol. The smallest absolute Gasteiger partial charge is 0.191 e. The van der Waals surface area contributed by atoms with Gasteiger partial charge in [0.15, 0.2) is 5.96 Å². The molecule has 0 radical (unpaired) electrons. The Labute approximate surface area is 185 Å². The van der Waals surface area contributed by atoms with Crippen LogP contribution in [0.15, 0.2) is 40.7 Å². The van der Waals surface area contributed by atoms with Crippen LogP contribution in [0, 0.1) is 13.8 Å². The average molecular weight is 513 g/mol. The number of halogens is 1. The van der Waals surface area contributed by atoms with E-state index in [9.17, 15) is 0 Å². The number of aliphatic imine (C=N–C) groups is 1. The third-order valence-corrected chi connectivity index (χ3v) is 5.74. The standard InChI is InChI=1S/C19H23N5S2.HI/c1-4-20-19(22-11-17-13(2)23-14(3)26-17)21-10-16-12-25-18(24-16)15-8-6-5-7-9-15;/h5-9,12H,4,10-11H2,1-3H3,(H2,20,21,22);1H. The van der Waals surface area contributed by atoms with E-state index in [0.717, 1.165) is 46.0 Å². The molecule has 2 aromatic heterocycles. The zero-order chi connectivity index (χ0) is 18.4. The van der Waals surface area contributed by atoms with Crippen molar-refractivity contribution in [3.05, 3.63) is 57.0 Å².